The minimum atomic E-state index is -4.36. The van der Waals surface area contributed by atoms with E-state index in [2.05, 4.69) is 4.98 Å². The molecule has 0 aliphatic rings. The molecule has 1 heterocycles. The van der Waals surface area contributed by atoms with E-state index in [9.17, 15) is 13.2 Å². The van der Waals surface area contributed by atoms with Crippen LogP contribution in [0, 0.1) is 4.77 Å². The second kappa shape index (κ2) is 5.33. The highest BCUT2D eigenvalue weighted by molar-refractivity contribution is 7.71. The summed E-state index contributed by atoms with van der Waals surface area (Å²) in [4.78, 5) is 2.92. The van der Waals surface area contributed by atoms with Crippen molar-refractivity contribution in [1.29, 1.82) is 0 Å². The summed E-state index contributed by atoms with van der Waals surface area (Å²) in [6.45, 7) is 6.09. The minimum absolute atomic E-state index is 0.102. The number of rotatable bonds is 2. The van der Waals surface area contributed by atoms with Gasteiger partial charge in [-0.1, -0.05) is 39.0 Å². The second-order valence-electron chi connectivity index (χ2n) is 5.97. The molecule has 0 aliphatic heterocycles. The van der Waals surface area contributed by atoms with Crippen LogP contribution in [-0.4, -0.2) is 9.55 Å². The summed E-state index contributed by atoms with van der Waals surface area (Å²) >= 11 is 5.20. The molecule has 1 aromatic carbocycles. The summed E-state index contributed by atoms with van der Waals surface area (Å²) in [5.74, 6) is 0. The van der Waals surface area contributed by atoms with Gasteiger partial charge in [-0.05, 0) is 23.8 Å². The summed E-state index contributed by atoms with van der Waals surface area (Å²) in [6.07, 6.45) is -2.60. The summed E-state index contributed by atoms with van der Waals surface area (Å²) in [6, 6.07) is 5.59. The Bertz CT molecular complexity index is 690. The van der Waals surface area contributed by atoms with Crippen molar-refractivity contribution in [3.05, 3.63) is 52.1 Å². The van der Waals surface area contributed by atoms with E-state index < -0.39 is 11.7 Å². The number of alkyl halides is 3. The number of H-pyrrole nitrogens is 1. The average Bonchev–Trinajstić information content (AvgIpc) is 2.70. The van der Waals surface area contributed by atoms with Gasteiger partial charge in [-0.25, -0.2) is 0 Å². The number of imidazole rings is 1. The van der Waals surface area contributed by atoms with Crippen molar-refractivity contribution < 1.29 is 13.2 Å². The molecule has 0 saturated heterocycles. The fourth-order valence-corrected chi connectivity index (χ4v) is 2.50. The van der Waals surface area contributed by atoms with Gasteiger partial charge in [0.15, 0.2) is 4.77 Å². The van der Waals surface area contributed by atoms with Gasteiger partial charge in [0.1, 0.15) is 0 Å². The summed E-state index contributed by atoms with van der Waals surface area (Å²) < 4.78 is 41.4. The normalized spacial score (nSPS) is 12.7. The number of nitrogens with one attached hydrogen (secondary N) is 1. The molecule has 0 spiro atoms. The van der Waals surface area contributed by atoms with Crippen LogP contribution in [0.15, 0.2) is 30.5 Å². The highest BCUT2D eigenvalue weighted by Crippen LogP contribution is 2.33. The molecule has 2 nitrogen and oxygen atoms in total. The Morgan fingerprint density at radius 3 is 2.33 bits per heavy atom. The molecule has 0 aliphatic carbocycles. The first-order valence-corrected chi connectivity index (χ1v) is 6.95. The molecular weight excluding hydrogens is 297 g/mol. The zero-order valence-electron chi connectivity index (χ0n) is 12.1. The van der Waals surface area contributed by atoms with Crippen LogP contribution in [0.25, 0.3) is 0 Å². The third-order valence-corrected chi connectivity index (χ3v) is 3.63. The van der Waals surface area contributed by atoms with E-state index in [0.717, 1.165) is 11.8 Å². The molecule has 2 rings (SSSR count). The Labute approximate surface area is 126 Å². The third kappa shape index (κ3) is 3.37. The summed E-state index contributed by atoms with van der Waals surface area (Å²) in [5.41, 5.74) is 0.268. The molecule has 0 radical (unpaired) electrons. The van der Waals surface area contributed by atoms with Gasteiger partial charge in [0, 0.05) is 17.3 Å². The van der Waals surface area contributed by atoms with Gasteiger partial charge >= 0.3 is 6.18 Å². The lowest BCUT2D eigenvalue weighted by molar-refractivity contribution is -0.138. The zero-order valence-corrected chi connectivity index (χ0v) is 12.9. The van der Waals surface area contributed by atoms with Crippen molar-refractivity contribution in [2.24, 2.45) is 0 Å². The van der Waals surface area contributed by atoms with E-state index in [1.54, 1.807) is 16.8 Å². The first-order chi connectivity index (χ1) is 9.60. The number of nitrogens with zero attached hydrogens (tertiary/aromatic N) is 1. The summed E-state index contributed by atoms with van der Waals surface area (Å²) in [5, 5.41) is 0. The van der Waals surface area contributed by atoms with Crippen LogP contribution >= 0.6 is 12.2 Å². The molecule has 114 valence electrons. The van der Waals surface area contributed by atoms with Crippen LogP contribution in [-0.2, 0) is 18.1 Å². The number of benzene rings is 1. The van der Waals surface area contributed by atoms with Crippen LogP contribution in [0.4, 0.5) is 13.2 Å². The summed E-state index contributed by atoms with van der Waals surface area (Å²) in [7, 11) is 0. The maximum absolute atomic E-state index is 13.1. The predicted molar refractivity (Wildman–Crippen MR) is 78.9 cm³/mol. The molecule has 0 atom stereocenters. The maximum Gasteiger partial charge on any atom is 0.416 e. The lowest BCUT2D eigenvalue weighted by Gasteiger charge is -2.22. The van der Waals surface area contributed by atoms with Crippen molar-refractivity contribution in [2.75, 3.05) is 0 Å². The molecule has 6 heteroatoms. The van der Waals surface area contributed by atoms with Crippen LogP contribution in [0.3, 0.4) is 0 Å². The van der Waals surface area contributed by atoms with Crippen molar-refractivity contribution in [3.63, 3.8) is 0 Å². The monoisotopic (exact) mass is 314 g/mol. The second-order valence-corrected chi connectivity index (χ2v) is 6.36. The van der Waals surface area contributed by atoms with E-state index >= 15 is 0 Å². The molecule has 0 amide bonds. The predicted octanol–water partition coefficient (Wildman–Crippen LogP) is 4.91. The standard InChI is InChI=1S/C15H17F3N2S/c1-14(2,3)12-8-19-13(21)20(12)9-10-6-4-5-7-11(10)15(16,17)18/h4-8H,9H2,1-3H3,(H,19,21). The van der Waals surface area contributed by atoms with Crippen molar-refractivity contribution >= 4 is 12.2 Å². The van der Waals surface area contributed by atoms with Gasteiger partial charge in [-0.2, -0.15) is 13.2 Å². The van der Waals surface area contributed by atoms with Gasteiger partial charge in [0.05, 0.1) is 12.1 Å². The number of aromatic amines is 1. The fraction of sp³-hybridized carbons (Fsp3) is 0.400. The van der Waals surface area contributed by atoms with Crippen LogP contribution in [0.1, 0.15) is 37.6 Å². The molecule has 2 aromatic rings. The van der Waals surface area contributed by atoms with Gasteiger partial charge in [0.2, 0.25) is 0 Å². The highest BCUT2D eigenvalue weighted by atomic mass is 32.1. The largest absolute Gasteiger partial charge is 0.416 e. The minimum Gasteiger partial charge on any atom is -0.337 e. The van der Waals surface area contributed by atoms with Gasteiger partial charge in [-0.15, -0.1) is 0 Å². The smallest absolute Gasteiger partial charge is 0.337 e. The van der Waals surface area contributed by atoms with Gasteiger partial charge < -0.3 is 9.55 Å². The van der Waals surface area contributed by atoms with E-state index in [1.807, 2.05) is 20.8 Å². The Hall–Kier alpha value is -1.56. The van der Waals surface area contributed by atoms with E-state index in [4.69, 9.17) is 12.2 Å². The van der Waals surface area contributed by atoms with Gasteiger partial charge in [0.25, 0.3) is 0 Å². The van der Waals surface area contributed by atoms with E-state index in [0.29, 0.717) is 4.77 Å². The fourth-order valence-electron chi connectivity index (χ4n) is 2.28. The molecule has 0 unspecified atom stereocenters. The van der Waals surface area contributed by atoms with Crippen molar-refractivity contribution in [1.82, 2.24) is 9.55 Å². The zero-order chi connectivity index (χ0) is 15.8. The van der Waals surface area contributed by atoms with E-state index in [-0.39, 0.29) is 17.5 Å². The quantitative estimate of drug-likeness (QED) is 0.781. The third-order valence-electron chi connectivity index (χ3n) is 3.29. The first-order valence-electron chi connectivity index (χ1n) is 6.54. The average molecular weight is 314 g/mol. The molecule has 1 N–H and O–H groups in total. The lowest BCUT2D eigenvalue weighted by atomic mass is 9.92. The number of halogens is 3. The Morgan fingerprint density at radius 2 is 1.76 bits per heavy atom. The van der Waals surface area contributed by atoms with Crippen molar-refractivity contribution in [3.8, 4) is 0 Å². The molecule has 0 fully saturated rings. The van der Waals surface area contributed by atoms with Crippen LogP contribution in [0.5, 0.6) is 0 Å². The number of hydrogen-bond donors (Lipinski definition) is 1. The number of hydrogen-bond acceptors (Lipinski definition) is 1. The SMILES string of the molecule is CC(C)(C)c1c[nH]c(=S)n1Cc1ccccc1C(F)(F)F. The van der Waals surface area contributed by atoms with Crippen LogP contribution < -0.4 is 0 Å². The Balaban J connectivity index is 2.50. The molecule has 0 bridgehead atoms. The number of aromatic nitrogens is 2. The Kier molecular flexibility index (Phi) is 4.02. The molecular formula is C15H17F3N2S. The Morgan fingerprint density at radius 1 is 1.14 bits per heavy atom. The lowest BCUT2D eigenvalue weighted by Crippen LogP contribution is -2.19. The molecule has 1 aromatic heterocycles. The van der Waals surface area contributed by atoms with Gasteiger partial charge in [-0.3, -0.25) is 0 Å². The van der Waals surface area contributed by atoms with E-state index in [1.165, 1.54) is 12.1 Å². The topological polar surface area (TPSA) is 20.7 Å². The molecule has 0 saturated carbocycles. The maximum atomic E-state index is 13.1. The highest BCUT2D eigenvalue weighted by Gasteiger charge is 2.33. The molecule has 21 heavy (non-hydrogen) atoms. The van der Waals surface area contributed by atoms with Crippen LogP contribution in [0.2, 0.25) is 0 Å². The first kappa shape index (κ1) is 15.8. The van der Waals surface area contributed by atoms with Crippen molar-refractivity contribution in [2.45, 2.75) is 38.9 Å².